The molecule has 0 bridgehead atoms. The van der Waals surface area contributed by atoms with Crippen LogP contribution in [-0.4, -0.2) is 10.7 Å². The van der Waals surface area contributed by atoms with Crippen LogP contribution in [0.15, 0.2) is 18.7 Å². The Morgan fingerprint density at radius 2 is 2.62 bits per heavy atom. The molecule has 1 N–H and O–H groups in total. The number of aromatic nitrogens is 2. The number of hydrogen-bond acceptors (Lipinski definition) is 1. The van der Waals surface area contributed by atoms with Crippen molar-refractivity contribution >= 4 is 11.9 Å². The predicted octanol–water partition coefficient (Wildman–Crippen LogP) is 0.818. The molecule has 1 rings (SSSR count). The molecule has 0 saturated heterocycles. The predicted molar refractivity (Wildman–Crippen MR) is 34.5 cm³/mol. The molecule has 0 spiro atoms. The van der Waals surface area contributed by atoms with Crippen molar-refractivity contribution < 1.29 is 3.97 Å². The number of H-pyrrole nitrogens is 1. The molecule has 44 valence electrons. The fourth-order valence-corrected chi connectivity index (χ4v) is 1.09. The van der Waals surface area contributed by atoms with E-state index in [4.69, 9.17) is 0 Å². The molecule has 0 aliphatic rings. The lowest BCUT2D eigenvalue weighted by Gasteiger charge is -1.82. The molecule has 0 unspecified atom stereocenters. The van der Waals surface area contributed by atoms with Gasteiger partial charge in [0.1, 0.15) is 12.4 Å². The molecule has 8 heavy (non-hydrogen) atoms. The summed E-state index contributed by atoms with van der Waals surface area (Å²) in [6.07, 6.45) is 5.82. The molecule has 0 aliphatic heterocycles. The van der Waals surface area contributed by atoms with Crippen molar-refractivity contribution in [1.82, 2.24) is 4.98 Å². The number of nitrogens with one attached hydrogen (secondary N) is 1. The fraction of sp³-hybridized carbons (Fsp3) is 0.400. The third-order valence-corrected chi connectivity index (χ3v) is 1.58. The quantitative estimate of drug-likeness (QED) is 0.586. The second-order valence-corrected chi connectivity index (χ2v) is 2.65. The van der Waals surface area contributed by atoms with E-state index in [-0.39, 0.29) is 0 Å². The standard InChI is InChI=1S/C5H8N2S/c1-2-8-7-4-3-6-5-7/h3-5H,2H2,1H3/p+1. The van der Waals surface area contributed by atoms with Crippen molar-refractivity contribution in [3.05, 3.63) is 18.7 Å². The van der Waals surface area contributed by atoms with Gasteiger partial charge in [-0.05, 0) is 0 Å². The van der Waals surface area contributed by atoms with Crippen molar-refractivity contribution in [2.45, 2.75) is 6.92 Å². The minimum Gasteiger partial charge on any atom is -0.249 e. The fourth-order valence-electron chi connectivity index (χ4n) is 0.505. The molecule has 0 fully saturated rings. The van der Waals surface area contributed by atoms with Crippen LogP contribution < -0.4 is 3.97 Å². The van der Waals surface area contributed by atoms with Crippen LogP contribution in [0, 0.1) is 0 Å². The minimum atomic E-state index is 1.11. The van der Waals surface area contributed by atoms with E-state index in [1.54, 1.807) is 11.9 Å². The zero-order chi connectivity index (χ0) is 5.82. The smallest absolute Gasteiger partial charge is 0.249 e. The first kappa shape index (κ1) is 5.69. The summed E-state index contributed by atoms with van der Waals surface area (Å²) >= 11 is 1.77. The average Bonchev–Trinajstić information content (AvgIpc) is 2.19. The largest absolute Gasteiger partial charge is 0.253 e. The highest BCUT2D eigenvalue weighted by Crippen LogP contribution is 1.88. The Balaban J connectivity index is 2.50. The number of imidazole rings is 1. The second kappa shape index (κ2) is 2.77. The van der Waals surface area contributed by atoms with E-state index in [2.05, 4.69) is 11.9 Å². The minimum absolute atomic E-state index is 1.11. The van der Waals surface area contributed by atoms with Crippen LogP contribution in [-0.2, 0) is 0 Å². The third-order valence-electron chi connectivity index (χ3n) is 0.798. The number of nitrogens with zero attached hydrogens (tertiary/aromatic N) is 1. The van der Waals surface area contributed by atoms with Gasteiger partial charge < -0.3 is 0 Å². The Morgan fingerprint density at radius 1 is 1.75 bits per heavy atom. The van der Waals surface area contributed by atoms with Gasteiger partial charge in [-0.3, -0.25) is 0 Å². The summed E-state index contributed by atoms with van der Waals surface area (Å²) in [5, 5.41) is 0. The molecular weight excluding hydrogens is 120 g/mol. The van der Waals surface area contributed by atoms with Gasteiger partial charge in [-0.2, -0.15) is 3.97 Å². The Labute approximate surface area is 53.1 Å². The van der Waals surface area contributed by atoms with Gasteiger partial charge >= 0.3 is 0 Å². The maximum atomic E-state index is 2.96. The SMILES string of the molecule is CCS[n+]1cc[nH]c1. The zero-order valence-electron chi connectivity index (χ0n) is 4.79. The van der Waals surface area contributed by atoms with E-state index in [0.29, 0.717) is 0 Å². The van der Waals surface area contributed by atoms with Crippen LogP contribution in [0.2, 0.25) is 0 Å². The summed E-state index contributed by atoms with van der Waals surface area (Å²) in [6.45, 7) is 2.13. The molecule has 0 amide bonds. The van der Waals surface area contributed by atoms with E-state index < -0.39 is 0 Å². The van der Waals surface area contributed by atoms with E-state index in [1.807, 2.05) is 22.7 Å². The molecule has 3 heteroatoms. The molecule has 1 aromatic rings. The normalized spacial score (nSPS) is 9.62. The average molecular weight is 129 g/mol. The first-order valence-corrected chi connectivity index (χ1v) is 3.55. The molecule has 0 aromatic carbocycles. The van der Waals surface area contributed by atoms with Crippen LogP contribution in [0.1, 0.15) is 6.92 Å². The molecule has 0 aliphatic carbocycles. The lowest BCUT2D eigenvalue weighted by atomic mass is 11.0. The molecule has 0 atom stereocenters. The van der Waals surface area contributed by atoms with Gasteiger partial charge in [-0.25, -0.2) is 4.98 Å². The van der Waals surface area contributed by atoms with E-state index in [1.165, 1.54) is 0 Å². The van der Waals surface area contributed by atoms with Crippen molar-refractivity contribution in [3.63, 3.8) is 0 Å². The zero-order valence-corrected chi connectivity index (χ0v) is 5.61. The van der Waals surface area contributed by atoms with Gasteiger partial charge in [-0.15, -0.1) is 0 Å². The topological polar surface area (TPSA) is 19.7 Å². The third kappa shape index (κ3) is 1.26. The van der Waals surface area contributed by atoms with Crippen molar-refractivity contribution in [1.29, 1.82) is 0 Å². The second-order valence-electron chi connectivity index (χ2n) is 1.39. The van der Waals surface area contributed by atoms with Gasteiger partial charge in [0.2, 0.25) is 0 Å². The summed E-state index contributed by atoms with van der Waals surface area (Å²) in [7, 11) is 0. The van der Waals surface area contributed by atoms with Gasteiger partial charge in [0, 0.05) is 5.75 Å². The van der Waals surface area contributed by atoms with Crippen LogP contribution >= 0.6 is 11.9 Å². The summed E-state index contributed by atoms with van der Waals surface area (Å²) in [6, 6.07) is 0. The van der Waals surface area contributed by atoms with Crippen molar-refractivity contribution in [3.8, 4) is 0 Å². The number of hydrogen-bond donors (Lipinski definition) is 1. The Bertz CT molecular complexity index is 136. The Kier molecular flexibility index (Phi) is 1.97. The summed E-state index contributed by atoms with van der Waals surface area (Å²) < 4.78 is 2.04. The summed E-state index contributed by atoms with van der Waals surface area (Å²) in [5.74, 6) is 1.11. The summed E-state index contributed by atoms with van der Waals surface area (Å²) in [5.41, 5.74) is 0. The Morgan fingerprint density at radius 3 is 3.12 bits per heavy atom. The lowest BCUT2D eigenvalue weighted by Crippen LogP contribution is -2.20. The van der Waals surface area contributed by atoms with Gasteiger partial charge in [-0.1, -0.05) is 6.92 Å². The number of rotatable bonds is 2. The molecule has 0 radical (unpaired) electrons. The highest BCUT2D eigenvalue weighted by molar-refractivity contribution is 7.92. The molecular formula is C5H9N2S+. The molecule has 1 aromatic heterocycles. The first-order valence-electron chi connectivity index (χ1n) is 2.61. The monoisotopic (exact) mass is 129 g/mol. The lowest BCUT2D eigenvalue weighted by molar-refractivity contribution is -0.492. The highest BCUT2D eigenvalue weighted by Gasteiger charge is 1.91. The first-order chi connectivity index (χ1) is 3.93. The van der Waals surface area contributed by atoms with Crippen molar-refractivity contribution in [2.75, 3.05) is 5.75 Å². The van der Waals surface area contributed by atoms with Gasteiger partial charge in [0.05, 0.1) is 11.9 Å². The maximum absolute atomic E-state index is 2.96. The van der Waals surface area contributed by atoms with E-state index in [0.717, 1.165) is 5.75 Å². The van der Waals surface area contributed by atoms with Crippen LogP contribution in [0.4, 0.5) is 0 Å². The van der Waals surface area contributed by atoms with Crippen LogP contribution in [0.5, 0.6) is 0 Å². The maximum Gasteiger partial charge on any atom is 0.253 e. The Hall–Kier alpha value is -0.440. The number of aromatic amines is 1. The van der Waals surface area contributed by atoms with Crippen LogP contribution in [0.25, 0.3) is 0 Å². The molecule has 2 nitrogen and oxygen atoms in total. The summed E-state index contributed by atoms with van der Waals surface area (Å²) in [4.78, 5) is 2.96. The van der Waals surface area contributed by atoms with Gasteiger partial charge in [0.25, 0.3) is 6.33 Å². The van der Waals surface area contributed by atoms with Crippen molar-refractivity contribution in [2.24, 2.45) is 0 Å². The molecule has 0 saturated carbocycles. The van der Waals surface area contributed by atoms with E-state index >= 15 is 0 Å². The molecule has 1 heterocycles. The van der Waals surface area contributed by atoms with Crippen LogP contribution in [0.3, 0.4) is 0 Å². The highest BCUT2D eigenvalue weighted by atomic mass is 32.2. The van der Waals surface area contributed by atoms with E-state index in [9.17, 15) is 0 Å². The van der Waals surface area contributed by atoms with Gasteiger partial charge in [0.15, 0.2) is 0 Å².